The van der Waals surface area contributed by atoms with Gasteiger partial charge in [0.05, 0.1) is 12.6 Å². The molecule has 1 atom stereocenters. The minimum absolute atomic E-state index is 0.184. The molecule has 0 radical (unpaired) electrons. The smallest absolute Gasteiger partial charge is 0.119 e. The van der Waals surface area contributed by atoms with Crippen LogP contribution in [0.5, 0.6) is 5.75 Å². The maximum Gasteiger partial charge on any atom is 0.119 e. The van der Waals surface area contributed by atoms with Gasteiger partial charge in [0, 0.05) is 12.4 Å². The van der Waals surface area contributed by atoms with Crippen LogP contribution < -0.4 is 10.1 Å². The maximum atomic E-state index is 5.49. The highest BCUT2D eigenvalue weighted by atomic mass is 16.5. The van der Waals surface area contributed by atoms with Crippen LogP contribution >= 0.6 is 0 Å². The van der Waals surface area contributed by atoms with Crippen molar-refractivity contribution in [1.29, 1.82) is 0 Å². The summed E-state index contributed by atoms with van der Waals surface area (Å²) in [6.45, 7) is 4.85. The van der Waals surface area contributed by atoms with Gasteiger partial charge in [-0.05, 0) is 55.3 Å². The lowest BCUT2D eigenvalue weighted by Gasteiger charge is -2.20. The van der Waals surface area contributed by atoms with Crippen molar-refractivity contribution >= 4 is 0 Å². The zero-order chi connectivity index (χ0) is 14.4. The topological polar surface area (TPSA) is 34.1 Å². The number of nitrogens with one attached hydrogen (secondary N) is 1. The number of aromatic nitrogens is 1. The van der Waals surface area contributed by atoms with Crippen LogP contribution in [-0.2, 0) is 6.42 Å². The van der Waals surface area contributed by atoms with Gasteiger partial charge < -0.3 is 10.1 Å². The Hall–Kier alpha value is -1.87. The summed E-state index contributed by atoms with van der Waals surface area (Å²) >= 11 is 0. The molecule has 0 spiro atoms. The summed E-state index contributed by atoms with van der Waals surface area (Å²) in [7, 11) is 1.99. The first-order valence-corrected chi connectivity index (χ1v) is 7.13. The lowest BCUT2D eigenvalue weighted by atomic mass is 9.95. The number of benzene rings is 1. The van der Waals surface area contributed by atoms with E-state index in [1.807, 2.05) is 38.5 Å². The van der Waals surface area contributed by atoms with Crippen molar-refractivity contribution < 1.29 is 4.74 Å². The Kier molecular flexibility index (Phi) is 5.13. The Bertz CT molecular complexity index is 537. The van der Waals surface area contributed by atoms with Crippen molar-refractivity contribution in [3.05, 3.63) is 59.4 Å². The number of hydrogen-bond donors (Lipinski definition) is 1. The van der Waals surface area contributed by atoms with Gasteiger partial charge in [0.15, 0.2) is 0 Å². The summed E-state index contributed by atoms with van der Waals surface area (Å²) < 4.78 is 5.49. The van der Waals surface area contributed by atoms with E-state index in [0.717, 1.165) is 12.2 Å². The zero-order valence-corrected chi connectivity index (χ0v) is 12.4. The average Bonchev–Trinajstić information content (AvgIpc) is 2.50. The van der Waals surface area contributed by atoms with Gasteiger partial charge in [0.2, 0.25) is 0 Å². The number of aryl methyl sites for hydroxylation is 1. The van der Waals surface area contributed by atoms with E-state index in [0.29, 0.717) is 6.61 Å². The van der Waals surface area contributed by atoms with E-state index in [2.05, 4.69) is 35.4 Å². The number of hydrogen-bond acceptors (Lipinski definition) is 3. The fraction of sp³-hybridized carbons (Fsp3) is 0.353. The molecule has 1 N–H and O–H groups in total. The summed E-state index contributed by atoms with van der Waals surface area (Å²) in [5.74, 6) is 0.913. The summed E-state index contributed by atoms with van der Waals surface area (Å²) in [5.41, 5.74) is 3.80. The Labute approximate surface area is 121 Å². The van der Waals surface area contributed by atoms with Crippen molar-refractivity contribution in [2.75, 3.05) is 13.7 Å². The molecule has 1 aromatic heterocycles. The average molecular weight is 270 g/mol. The molecule has 2 rings (SSSR count). The molecular weight excluding hydrogens is 248 g/mol. The predicted molar refractivity (Wildman–Crippen MR) is 82.1 cm³/mol. The molecule has 1 heterocycles. The van der Waals surface area contributed by atoms with Gasteiger partial charge in [0.25, 0.3) is 0 Å². The molecule has 0 amide bonds. The molecular formula is C17H22N2O. The number of rotatable bonds is 6. The predicted octanol–water partition coefficient (Wildman–Crippen LogP) is 3.35. The van der Waals surface area contributed by atoms with E-state index in [9.17, 15) is 0 Å². The Morgan fingerprint density at radius 2 is 1.90 bits per heavy atom. The third-order valence-electron chi connectivity index (χ3n) is 3.45. The van der Waals surface area contributed by atoms with Gasteiger partial charge in [-0.3, -0.25) is 4.98 Å². The normalized spacial score (nSPS) is 12.2. The van der Waals surface area contributed by atoms with Gasteiger partial charge in [-0.25, -0.2) is 0 Å². The molecule has 3 heteroatoms. The number of nitrogens with zero attached hydrogens (tertiary/aromatic N) is 1. The van der Waals surface area contributed by atoms with Gasteiger partial charge in [-0.2, -0.15) is 0 Å². The van der Waals surface area contributed by atoms with Crippen molar-refractivity contribution in [1.82, 2.24) is 10.3 Å². The second kappa shape index (κ2) is 7.06. The minimum atomic E-state index is 0.184. The summed E-state index contributed by atoms with van der Waals surface area (Å²) in [6.07, 6.45) is 4.79. The van der Waals surface area contributed by atoms with Gasteiger partial charge in [-0.15, -0.1) is 0 Å². The van der Waals surface area contributed by atoms with E-state index in [1.165, 1.54) is 16.7 Å². The lowest BCUT2D eigenvalue weighted by Crippen LogP contribution is -2.19. The molecule has 2 aromatic rings. The molecule has 0 saturated heterocycles. The minimum Gasteiger partial charge on any atom is -0.494 e. The van der Waals surface area contributed by atoms with Crippen LogP contribution in [0.4, 0.5) is 0 Å². The summed E-state index contributed by atoms with van der Waals surface area (Å²) in [5, 5.41) is 3.39. The second-order valence-corrected chi connectivity index (χ2v) is 4.65. The molecule has 20 heavy (non-hydrogen) atoms. The molecule has 3 nitrogen and oxygen atoms in total. The van der Waals surface area contributed by atoms with Crippen LogP contribution in [0.25, 0.3) is 0 Å². The SMILES string of the molecule is CCOc1ccc(C(NC)c2ccncc2CC)cc1. The third kappa shape index (κ3) is 3.17. The highest BCUT2D eigenvalue weighted by Gasteiger charge is 2.15. The van der Waals surface area contributed by atoms with Crippen molar-refractivity contribution in [2.24, 2.45) is 0 Å². The largest absolute Gasteiger partial charge is 0.494 e. The molecule has 106 valence electrons. The second-order valence-electron chi connectivity index (χ2n) is 4.65. The van der Waals surface area contributed by atoms with E-state index < -0.39 is 0 Å². The van der Waals surface area contributed by atoms with Crippen molar-refractivity contribution in [3.8, 4) is 5.75 Å². The molecule has 0 saturated carbocycles. The van der Waals surface area contributed by atoms with Crippen LogP contribution in [0.3, 0.4) is 0 Å². The number of ether oxygens (including phenoxy) is 1. The number of pyridine rings is 1. The van der Waals surface area contributed by atoms with E-state index in [-0.39, 0.29) is 6.04 Å². The van der Waals surface area contributed by atoms with Crippen LogP contribution in [0, 0.1) is 0 Å². The quantitative estimate of drug-likeness (QED) is 0.874. The van der Waals surface area contributed by atoms with E-state index >= 15 is 0 Å². The van der Waals surface area contributed by atoms with Gasteiger partial charge >= 0.3 is 0 Å². The van der Waals surface area contributed by atoms with Crippen LogP contribution in [0.2, 0.25) is 0 Å². The van der Waals surface area contributed by atoms with Crippen LogP contribution in [0.15, 0.2) is 42.7 Å². The highest BCUT2D eigenvalue weighted by Crippen LogP contribution is 2.26. The van der Waals surface area contributed by atoms with Gasteiger partial charge in [-0.1, -0.05) is 19.1 Å². The Morgan fingerprint density at radius 3 is 2.50 bits per heavy atom. The first kappa shape index (κ1) is 14.5. The molecule has 1 unspecified atom stereocenters. The highest BCUT2D eigenvalue weighted by molar-refractivity contribution is 5.38. The first-order valence-electron chi connectivity index (χ1n) is 7.13. The third-order valence-corrected chi connectivity index (χ3v) is 3.45. The fourth-order valence-electron chi connectivity index (χ4n) is 2.44. The van der Waals surface area contributed by atoms with Crippen LogP contribution in [-0.4, -0.2) is 18.6 Å². The van der Waals surface area contributed by atoms with Gasteiger partial charge in [0.1, 0.15) is 5.75 Å². The molecule has 0 bridgehead atoms. The maximum absolute atomic E-state index is 5.49. The summed E-state index contributed by atoms with van der Waals surface area (Å²) in [6, 6.07) is 10.6. The lowest BCUT2D eigenvalue weighted by molar-refractivity contribution is 0.340. The molecule has 1 aromatic carbocycles. The Morgan fingerprint density at radius 1 is 1.15 bits per heavy atom. The molecule has 0 aliphatic rings. The fourth-order valence-corrected chi connectivity index (χ4v) is 2.44. The van der Waals surface area contributed by atoms with E-state index in [4.69, 9.17) is 4.74 Å². The van der Waals surface area contributed by atoms with E-state index in [1.54, 1.807) is 0 Å². The van der Waals surface area contributed by atoms with Crippen molar-refractivity contribution in [2.45, 2.75) is 26.3 Å². The monoisotopic (exact) mass is 270 g/mol. The molecule has 0 aliphatic heterocycles. The molecule has 0 aliphatic carbocycles. The molecule has 0 fully saturated rings. The zero-order valence-electron chi connectivity index (χ0n) is 12.4. The first-order chi connectivity index (χ1) is 9.80. The van der Waals surface area contributed by atoms with Crippen molar-refractivity contribution in [3.63, 3.8) is 0 Å². The Balaban J connectivity index is 2.31. The summed E-state index contributed by atoms with van der Waals surface area (Å²) in [4.78, 5) is 4.22. The standard InChI is InChI=1S/C17H22N2O/c1-4-13-12-19-11-10-16(13)17(18-3)14-6-8-15(9-7-14)20-5-2/h6-12,17-18H,4-5H2,1-3H3. The van der Waals surface area contributed by atoms with Crippen LogP contribution in [0.1, 0.15) is 36.6 Å².